The van der Waals surface area contributed by atoms with Crippen LogP contribution in [0.15, 0.2) is 92.8 Å². The number of ether oxygens (including phenoxy) is 4. The van der Waals surface area contributed by atoms with Crippen LogP contribution in [0.2, 0.25) is 0 Å². The molecule has 0 amide bonds. The molecule has 0 heterocycles. The van der Waals surface area contributed by atoms with Gasteiger partial charge in [-0.25, -0.2) is 0 Å². The van der Waals surface area contributed by atoms with E-state index in [4.69, 9.17) is 49.6 Å². The van der Waals surface area contributed by atoms with Gasteiger partial charge in [0.25, 0.3) is 5.09 Å². The van der Waals surface area contributed by atoms with Gasteiger partial charge >= 0.3 is 83.0 Å². The maximum atomic E-state index is 12.1. The molecule has 0 fully saturated rings. The Morgan fingerprint density at radius 3 is 0.812 bits per heavy atom. The van der Waals surface area contributed by atoms with Crippen LogP contribution in [0.1, 0.15) is 49.9 Å². The number of hydrogen-bond acceptors (Lipinski definition) is 19. The molecule has 24 heteroatoms. The van der Waals surface area contributed by atoms with Gasteiger partial charge in [0.05, 0.1) is 57.7 Å². The van der Waals surface area contributed by atoms with E-state index in [1.54, 1.807) is 72.8 Å². The van der Waals surface area contributed by atoms with Gasteiger partial charge in [0.15, 0.2) is 0 Å². The molecule has 0 saturated heterocycles. The van der Waals surface area contributed by atoms with Gasteiger partial charge in [-0.1, -0.05) is 71.5 Å². The molecule has 0 spiro atoms. The van der Waals surface area contributed by atoms with Crippen molar-refractivity contribution in [3.63, 3.8) is 0 Å². The van der Waals surface area contributed by atoms with E-state index in [2.05, 4.69) is 25.0 Å². The number of benzene rings is 4. The third-order valence-corrected chi connectivity index (χ3v) is 6.94. The topological polar surface area (TPSA) is 320 Å². The van der Waals surface area contributed by atoms with Crippen LogP contribution < -0.4 is 44.6 Å². The van der Waals surface area contributed by atoms with Crippen molar-refractivity contribution >= 4 is 73.7 Å². The minimum absolute atomic E-state index is 0. The minimum atomic E-state index is -1.75. The molecule has 0 atom stereocenters. The van der Waals surface area contributed by atoms with Crippen LogP contribution in [0.3, 0.4) is 0 Å². The fourth-order valence-electron chi connectivity index (χ4n) is 4.50. The van der Waals surface area contributed by atoms with Gasteiger partial charge in [-0.3, -0.25) is 20.0 Å². The SMILES string of the molecule is CCOc1cccc(C=NCCN=Cc2cccc(OCC)c2[O-])c1[O-].CCOc1cccc(C=NCCN=Cc2cccc(OCC)c2[O-])c1[O-].O=[N+]([O-])O[O-].O=[N+]([O-])[O-].[Ba+2].[Cu+2].[Cu+2]. The molecule has 0 aliphatic heterocycles. The van der Waals surface area contributed by atoms with Crippen LogP contribution in [0.4, 0.5) is 0 Å². The van der Waals surface area contributed by atoms with Crippen molar-refractivity contribution in [2.45, 2.75) is 27.7 Å². The standard InChI is InChI=1S/2C20H24N2O4.Ba.2Cu.HNO4.NO3/c2*1-3-25-17-9-5-7-15(19(17)23)13-21-11-12-22-14-16-8-6-10-18(20(16)24)26-4-2;;;;2-1(3)5-4;2-1(3)4/h2*5-10,13-14,23-24H,3-4,11-12H2,1-2H3;;;;4H;/q;;3*+2;;-1/p-5. The van der Waals surface area contributed by atoms with E-state index in [1.165, 1.54) is 24.9 Å². The Balaban J connectivity index is -0.000000939. The molecule has 0 bridgehead atoms. The summed E-state index contributed by atoms with van der Waals surface area (Å²) in [6.45, 7) is 10.7. The Bertz CT molecular complexity index is 1800. The zero-order valence-electron chi connectivity index (χ0n) is 35.0. The summed E-state index contributed by atoms with van der Waals surface area (Å²) in [6, 6.07) is 20.4. The summed E-state index contributed by atoms with van der Waals surface area (Å²) in [5, 5.41) is 78.8. The first-order valence-electron chi connectivity index (χ1n) is 18.3. The van der Waals surface area contributed by atoms with Crippen LogP contribution in [0, 0.1) is 25.4 Å². The van der Waals surface area contributed by atoms with E-state index in [0.29, 0.717) is 97.9 Å². The Morgan fingerprint density at radius 2 is 0.656 bits per heavy atom. The summed E-state index contributed by atoms with van der Waals surface area (Å²) < 4.78 is 21.1. The molecule has 348 valence electrons. The van der Waals surface area contributed by atoms with E-state index < -0.39 is 10.2 Å². The van der Waals surface area contributed by atoms with Gasteiger partial charge in [0.1, 0.15) is 23.0 Å². The summed E-state index contributed by atoms with van der Waals surface area (Å²) in [7, 11) is 0. The summed E-state index contributed by atoms with van der Waals surface area (Å²) >= 11 is 0. The quantitative estimate of drug-likeness (QED) is 0.0324. The predicted octanol–water partition coefficient (Wildman–Crippen LogP) is 2.18. The average molecular weight is 1110 g/mol. The molecule has 2 radical (unpaired) electrons. The van der Waals surface area contributed by atoms with Crippen molar-refractivity contribution in [3.8, 4) is 46.0 Å². The van der Waals surface area contributed by atoms with E-state index in [1.807, 2.05) is 27.7 Å². The molecule has 4 aromatic rings. The van der Waals surface area contributed by atoms with Gasteiger partial charge in [-0.15, -0.1) is 10.1 Å². The Morgan fingerprint density at radius 1 is 0.469 bits per heavy atom. The summed E-state index contributed by atoms with van der Waals surface area (Å²) in [4.78, 5) is 35.9. The Labute approximate surface area is 430 Å². The second kappa shape index (κ2) is 38.4. The number of aliphatic imine (C=N–C) groups is 4. The number of para-hydroxylation sites is 4. The first-order chi connectivity index (χ1) is 29.3. The van der Waals surface area contributed by atoms with Crippen molar-refractivity contribution in [1.29, 1.82) is 0 Å². The van der Waals surface area contributed by atoms with Gasteiger partial charge < -0.3 is 64.9 Å². The molecule has 0 unspecified atom stereocenters. The molecule has 21 nitrogen and oxygen atoms in total. The van der Waals surface area contributed by atoms with Gasteiger partial charge in [0, 0.05) is 24.9 Å². The third kappa shape index (κ3) is 25.9. The largest absolute Gasteiger partial charge is 2.00 e. The maximum absolute atomic E-state index is 12.1. The first-order valence-corrected chi connectivity index (χ1v) is 18.3. The molecule has 4 aromatic carbocycles. The minimum Gasteiger partial charge on any atom is -0.870 e. The normalized spacial score (nSPS) is 10.1. The molecule has 4 rings (SSSR count). The molecule has 0 aliphatic carbocycles. The maximum Gasteiger partial charge on any atom is 2.00 e. The van der Waals surface area contributed by atoms with Crippen LogP contribution in [0.25, 0.3) is 0 Å². The average Bonchev–Trinajstić information content (AvgIpc) is 3.23. The predicted molar refractivity (Wildman–Crippen MR) is 222 cm³/mol. The molecular weight excluding hydrogens is 1070 g/mol. The van der Waals surface area contributed by atoms with Gasteiger partial charge in [0.2, 0.25) is 0 Å². The van der Waals surface area contributed by atoms with Crippen molar-refractivity contribution in [1.82, 2.24) is 0 Å². The molecule has 64 heavy (non-hydrogen) atoms. The number of rotatable bonds is 19. The molecular formula is C40H44BaCu2N6O15. The molecule has 0 saturated carbocycles. The van der Waals surface area contributed by atoms with Crippen LogP contribution in [-0.4, -0.2) is 137 Å². The smallest absolute Gasteiger partial charge is 0.870 e. The fourth-order valence-corrected chi connectivity index (χ4v) is 4.50. The van der Waals surface area contributed by atoms with E-state index in [0.717, 1.165) is 0 Å². The van der Waals surface area contributed by atoms with Crippen LogP contribution in [0.5, 0.6) is 46.0 Å². The zero-order valence-corrected chi connectivity index (χ0v) is 41.3. The van der Waals surface area contributed by atoms with Crippen molar-refractivity contribution in [2.75, 3.05) is 52.6 Å². The van der Waals surface area contributed by atoms with Gasteiger partial charge in [-0.05, 0) is 74.2 Å². The monoisotopic (exact) mass is 1110 g/mol. The van der Waals surface area contributed by atoms with E-state index in [-0.39, 0.29) is 106 Å². The van der Waals surface area contributed by atoms with Crippen LogP contribution >= 0.6 is 0 Å². The fraction of sp³-hybridized carbons (Fsp3) is 0.300. The van der Waals surface area contributed by atoms with E-state index >= 15 is 0 Å². The zero-order chi connectivity index (χ0) is 45.4. The summed E-state index contributed by atoms with van der Waals surface area (Å²) in [5.74, 6) is 0.600. The second-order valence-corrected chi connectivity index (χ2v) is 11.1. The molecule has 0 aromatic heterocycles. The van der Waals surface area contributed by atoms with Crippen LogP contribution in [-0.2, 0) is 39.1 Å². The van der Waals surface area contributed by atoms with Crippen molar-refractivity contribution in [3.05, 3.63) is 120 Å². The van der Waals surface area contributed by atoms with Crippen molar-refractivity contribution < 1.29 is 93.9 Å². The van der Waals surface area contributed by atoms with Gasteiger partial charge in [-0.2, -0.15) is 0 Å². The van der Waals surface area contributed by atoms with Crippen molar-refractivity contribution in [2.24, 2.45) is 20.0 Å². The summed E-state index contributed by atoms with van der Waals surface area (Å²) in [5.41, 5.74) is 1.91. The number of hydrogen-bond donors (Lipinski definition) is 0. The first kappa shape index (κ1) is 63.2. The molecule has 0 N–H and O–H groups in total. The third-order valence-electron chi connectivity index (χ3n) is 6.94. The Hall–Kier alpha value is -5.07. The molecule has 0 aliphatic rings. The van der Waals surface area contributed by atoms with E-state index in [9.17, 15) is 20.4 Å². The number of nitrogens with zero attached hydrogens (tertiary/aromatic N) is 6. The Kier molecular flexibility index (Phi) is 37.9. The summed E-state index contributed by atoms with van der Waals surface area (Å²) in [6.07, 6.45) is 6.09. The second-order valence-electron chi connectivity index (χ2n) is 11.1.